The molecule has 1 aromatic carbocycles. The maximum atomic E-state index is 12.8. The molecule has 152 valence electrons. The number of thioether (sulfide) groups is 1. The predicted octanol–water partition coefficient (Wildman–Crippen LogP) is 4.50. The molecule has 0 radical (unpaired) electrons. The Kier molecular flexibility index (Phi) is 7.37. The first-order chi connectivity index (χ1) is 13.5. The first-order valence-corrected chi connectivity index (χ1v) is 11.0. The van der Waals surface area contributed by atoms with E-state index in [9.17, 15) is 4.79 Å². The van der Waals surface area contributed by atoms with Crippen LogP contribution >= 0.6 is 24.0 Å². The number of ether oxygens (including phenoxy) is 3. The fourth-order valence-electron chi connectivity index (χ4n) is 3.06. The van der Waals surface area contributed by atoms with Gasteiger partial charge >= 0.3 is 0 Å². The van der Waals surface area contributed by atoms with Crippen LogP contribution in [0.25, 0.3) is 6.08 Å². The lowest BCUT2D eigenvalue weighted by Crippen LogP contribution is -2.35. The summed E-state index contributed by atoms with van der Waals surface area (Å²) in [6.07, 6.45) is 3.97. The SMILES string of the molecule is CCOc1cc(/C=C2\SC(=S)N(C[C@@H]3CCCO3)C2=O)ccc1OCC(C)C. The fraction of sp³-hybridized carbons (Fsp3) is 0.524. The van der Waals surface area contributed by atoms with Gasteiger partial charge in [-0.15, -0.1) is 0 Å². The first kappa shape index (κ1) is 21.1. The molecule has 2 aliphatic heterocycles. The Bertz CT molecular complexity index is 757. The number of benzene rings is 1. The van der Waals surface area contributed by atoms with Gasteiger partial charge in [-0.05, 0) is 49.5 Å². The van der Waals surface area contributed by atoms with Crippen molar-refractivity contribution < 1.29 is 19.0 Å². The van der Waals surface area contributed by atoms with Crippen molar-refractivity contribution in [3.8, 4) is 11.5 Å². The summed E-state index contributed by atoms with van der Waals surface area (Å²) < 4.78 is 17.8. The van der Waals surface area contributed by atoms with Crippen LogP contribution in [0.1, 0.15) is 39.2 Å². The lowest BCUT2D eigenvalue weighted by molar-refractivity contribution is -0.123. The molecule has 0 unspecified atom stereocenters. The summed E-state index contributed by atoms with van der Waals surface area (Å²) in [5.74, 6) is 1.79. The number of hydrogen-bond acceptors (Lipinski definition) is 6. The van der Waals surface area contributed by atoms with Gasteiger partial charge in [0.1, 0.15) is 4.32 Å². The molecular formula is C21H27NO4S2. The second-order valence-electron chi connectivity index (χ2n) is 7.27. The molecule has 0 spiro atoms. The summed E-state index contributed by atoms with van der Waals surface area (Å²) in [6.45, 7) is 8.62. The maximum absolute atomic E-state index is 12.8. The summed E-state index contributed by atoms with van der Waals surface area (Å²) in [7, 11) is 0. The van der Waals surface area contributed by atoms with Gasteiger partial charge in [-0.1, -0.05) is 43.9 Å². The molecule has 0 bridgehead atoms. The molecule has 3 rings (SSSR count). The van der Waals surface area contributed by atoms with Crippen LogP contribution in [0.4, 0.5) is 0 Å². The van der Waals surface area contributed by atoms with E-state index in [4.69, 9.17) is 26.4 Å². The molecule has 2 fully saturated rings. The van der Waals surface area contributed by atoms with E-state index >= 15 is 0 Å². The monoisotopic (exact) mass is 421 g/mol. The molecule has 5 nitrogen and oxygen atoms in total. The quantitative estimate of drug-likeness (QED) is 0.455. The van der Waals surface area contributed by atoms with Gasteiger partial charge in [-0.3, -0.25) is 9.69 Å². The standard InChI is InChI=1S/C21H27NO4S2/c1-4-24-18-10-15(7-8-17(18)26-13-14(2)3)11-19-20(23)22(21(27)28-19)12-16-6-5-9-25-16/h7-8,10-11,14,16H,4-6,9,12-13H2,1-3H3/b19-11-/t16-/m0/s1. The van der Waals surface area contributed by atoms with E-state index in [1.165, 1.54) is 11.8 Å². The van der Waals surface area contributed by atoms with Crippen molar-refractivity contribution in [2.24, 2.45) is 5.92 Å². The zero-order chi connectivity index (χ0) is 20.1. The minimum Gasteiger partial charge on any atom is -0.490 e. The van der Waals surface area contributed by atoms with E-state index in [-0.39, 0.29) is 12.0 Å². The zero-order valence-corrected chi connectivity index (χ0v) is 18.2. The number of thiocarbonyl (C=S) groups is 1. The molecule has 7 heteroatoms. The molecule has 2 heterocycles. The average molecular weight is 422 g/mol. The summed E-state index contributed by atoms with van der Waals surface area (Å²) in [6, 6.07) is 5.74. The highest BCUT2D eigenvalue weighted by Crippen LogP contribution is 2.35. The third kappa shape index (κ3) is 5.27. The fourth-order valence-corrected chi connectivity index (χ4v) is 4.33. The summed E-state index contributed by atoms with van der Waals surface area (Å²) in [5.41, 5.74) is 0.887. The van der Waals surface area contributed by atoms with Crippen molar-refractivity contribution in [3.05, 3.63) is 28.7 Å². The number of carbonyl (C=O) groups excluding carboxylic acids is 1. The van der Waals surface area contributed by atoms with Gasteiger partial charge in [-0.2, -0.15) is 0 Å². The number of amides is 1. The van der Waals surface area contributed by atoms with E-state index in [1.54, 1.807) is 4.90 Å². The summed E-state index contributed by atoms with van der Waals surface area (Å²) >= 11 is 6.76. The molecule has 1 amide bonds. The van der Waals surface area contributed by atoms with Crippen molar-refractivity contribution >= 4 is 40.3 Å². The normalized spacial score (nSPS) is 21.2. The van der Waals surface area contributed by atoms with Gasteiger partial charge in [0.2, 0.25) is 0 Å². The van der Waals surface area contributed by atoms with E-state index in [0.717, 1.165) is 30.8 Å². The van der Waals surface area contributed by atoms with Gasteiger partial charge in [-0.25, -0.2) is 0 Å². The maximum Gasteiger partial charge on any atom is 0.266 e. The molecule has 28 heavy (non-hydrogen) atoms. The predicted molar refractivity (Wildman–Crippen MR) is 117 cm³/mol. The van der Waals surface area contributed by atoms with Crippen molar-refractivity contribution in [2.75, 3.05) is 26.4 Å². The topological polar surface area (TPSA) is 48.0 Å². The Morgan fingerprint density at radius 3 is 2.86 bits per heavy atom. The van der Waals surface area contributed by atoms with Crippen molar-refractivity contribution in [1.29, 1.82) is 0 Å². The highest BCUT2D eigenvalue weighted by molar-refractivity contribution is 8.26. The van der Waals surface area contributed by atoms with Crippen molar-refractivity contribution in [3.63, 3.8) is 0 Å². The van der Waals surface area contributed by atoms with E-state index in [0.29, 0.717) is 40.7 Å². The summed E-state index contributed by atoms with van der Waals surface area (Å²) in [5, 5.41) is 0. The lowest BCUT2D eigenvalue weighted by atomic mass is 10.1. The molecule has 0 saturated carbocycles. The van der Waals surface area contributed by atoms with Crippen LogP contribution in [-0.4, -0.2) is 47.6 Å². The first-order valence-electron chi connectivity index (χ1n) is 9.74. The minimum absolute atomic E-state index is 0.0522. The Morgan fingerprint density at radius 1 is 1.36 bits per heavy atom. The van der Waals surface area contributed by atoms with Crippen LogP contribution in [-0.2, 0) is 9.53 Å². The molecule has 1 atom stereocenters. The number of carbonyl (C=O) groups is 1. The van der Waals surface area contributed by atoms with Crippen molar-refractivity contribution in [1.82, 2.24) is 4.90 Å². The van der Waals surface area contributed by atoms with Crippen LogP contribution in [0.15, 0.2) is 23.1 Å². The van der Waals surface area contributed by atoms with Crippen LogP contribution in [0.3, 0.4) is 0 Å². The van der Waals surface area contributed by atoms with Gasteiger partial charge in [0.15, 0.2) is 11.5 Å². The van der Waals surface area contributed by atoms with Crippen LogP contribution < -0.4 is 9.47 Å². The minimum atomic E-state index is -0.0522. The number of hydrogen-bond donors (Lipinski definition) is 0. The molecule has 0 aliphatic carbocycles. The summed E-state index contributed by atoms with van der Waals surface area (Å²) in [4.78, 5) is 15.1. The van der Waals surface area contributed by atoms with E-state index in [2.05, 4.69) is 13.8 Å². The number of rotatable bonds is 8. The second-order valence-corrected chi connectivity index (χ2v) is 8.95. The largest absolute Gasteiger partial charge is 0.490 e. The molecular weight excluding hydrogens is 394 g/mol. The zero-order valence-electron chi connectivity index (χ0n) is 16.6. The van der Waals surface area contributed by atoms with Gasteiger partial charge < -0.3 is 14.2 Å². The Hall–Kier alpha value is -1.57. The van der Waals surface area contributed by atoms with Crippen LogP contribution in [0, 0.1) is 5.92 Å². The van der Waals surface area contributed by atoms with Crippen LogP contribution in [0.2, 0.25) is 0 Å². The van der Waals surface area contributed by atoms with E-state index in [1.807, 2.05) is 31.2 Å². The second kappa shape index (κ2) is 9.76. The molecule has 2 aliphatic rings. The Morgan fingerprint density at radius 2 is 2.18 bits per heavy atom. The van der Waals surface area contributed by atoms with Gasteiger partial charge in [0.05, 0.1) is 30.8 Å². The average Bonchev–Trinajstić information content (AvgIpc) is 3.26. The number of nitrogens with zero attached hydrogens (tertiary/aromatic N) is 1. The van der Waals surface area contributed by atoms with Gasteiger partial charge in [0, 0.05) is 6.61 Å². The lowest BCUT2D eigenvalue weighted by Gasteiger charge is -2.18. The van der Waals surface area contributed by atoms with Gasteiger partial charge in [0.25, 0.3) is 5.91 Å². The third-order valence-electron chi connectivity index (χ3n) is 4.42. The third-order valence-corrected chi connectivity index (χ3v) is 5.80. The molecule has 0 N–H and O–H groups in total. The highest BCUT2D eigenvalue weighted by atomic mass is 32.2. The van der Waals surface area contributed by atoms with Crippen molar-refractivity contribution in [2.45, 2.75) is 39.7 Å². The van der Waals surface area contributed by atoms with E-state index < -0.39 is 0 Å². The molecule has 0 aromatic heterocycles. The Balaban J connectivity index is 1.75. The smallest absolute Gasteiger partial charge is 0.266 e. The highest BCUT2D eigenvalue weighted by Gasteiger charge is 2.34. The molecule has 1 aromatic rings. The Labute approximate surface area is 176 Å². The molecule has 2 saturated heterocycles. The van der Waals surface area contributed by atoms with Crippen LogP contribution in [0.5, 0.6) is 11.5 Å².